The molecule has 0 saturated heterocycles. The topological polar surface area (TPSA) is 61.8 Å². The molecule has 1 atom stereocenters. The third kappa shape index (κ3) is 6.68. The van der Waals surface area contributed by atoms with Crippen molar-refractivity contribution in [3.8, 4) is 5.75 Å². The van der Waals surface area contributed by atoms with Crippen LogP contribution in [-0.2, 0) is 25.7 Å². The first kappa shape index (κ1) is 22.0. The lowest BCUT2D eigenvalue weighted by atomic mass is 9.98. The van der Waals surface area contributed by atoms with Crippen LogP contribution in [0, 0.1) is 0 Å². The number of benzene rings is 2. The van der Waals surface area contributed by atoms with E-state index in [0.717, 1.165) is 5.56 Å². The molecule has 0 heterocycles. The fourth-order valence-corrected chi connectivity index (χ4v) is 3.02. The molecule has 150 valence electrons. The summed E-state index contributed by atoms with van der Waals surface area (Å²) in [6.45, 7) is 7.49. The second-order valence-corrected chi connectivity index (χ2v) is 8.13. The van der Waals surface area contributed by atoms with Gasteiger partial charge in [-0.3, -0.25) is 9.59 Å². The molecule has 2 aromatic rings. The van der Waals surface area contributed by atoms with Gasteiger partial charge < -0.3 is 14.2 Å². The van der Waals surface area contributed by atoms with Crippen LogP contribution in [0.4, 0.5) is 0 Å². The van der Waals surface area contributed by atoms with Gasteiger partial charge in [0.1, 0.15) is 18.0 Å². The Kier molecular flexibility index (Phi) is 7.63. The molecule has 0 fully saturated rings. The zero-order valence-electron chi connectivity index (χ0n) is 16.5. The van der Waals surface area contributed by atoms with Gasteiger partial charge in [-0.1, -0.05) is 46.3 Å². The molecule has 1 unspecified atom stereocenters. The number of carbonyl (C=O) groups excluding carboxylic acids is 2. The lowest BCUT2D eigenvalue weighted by Crippen LogP contribution is -2.32. The zero-order chi connectivity index (χ0) is 20.7. The third-order valence-corrected chi connectivity index (χ3v) is 4.10. The van der Waals surface area contributed by atoms with E-state index in [1.165, 1.54) is 0 Å². The fraction of sp³-hybridized carbons (Fsp3) is 0.364. The van der Waals surface area contributed by atoms with E-state index >= 15 is 0 Å². The molecule has 0 radical (unpaired) electrons. The molecule has 0 amide bonds. The van der Waals surface area contributed by atoms with Gasteiger partial charge in [-0.05, 0) is 57.0 Å². The summed E-state index contributed by atoms with van der Waals surface area (Å²) in [5, 5.41) is 0. The van der Waals surface area contributed by atoms with E-state index in [2.05, 4.69) is 15.9 Å². The minimum Gasteiger partial charge on any atom is -0.489 e. The summed E-state index contributed by atoms with van der Waals surface area (Å²) in [5.74, 6) is -1.95. The smallest absolute Gasteiger partial charge is 0.325 e. The highest BCUT2D eigenvalue weighted by molar-refractivity contribution is 9.10. The number of ether oxygens (including phenoxy) is 3. The van der Waals surface area contributed by atoms with Crippen LogP contribution in [0.2, 0.25) is 0 Å². The lowest BCUT2D eigenvalue weighted by Gasteiger charge is -2.23. The van der Waals surface area contributed by atoms with Crippen molar-refractivity contribution in [1.29, 1.82) is 0 Å². The van der Waals surface area contributed by atoms with E-state index in [1.807, 2.05) is 30.3 Å². The second kappa shape index (κ2) is 9.73. The highest BCUT2D eigenvalue weighted by Gasteiger charge is 2.34. The average molecular weight is 449 g/mol. The number of hydrogen-bond acceptors (Lipinski definition) is 5. The predicted molar refractivity (Wildman–Crippen MR) is 110 cm³/mol. The van der Waals surface area contributed by atoms with Crippen molar-refractivity contribution in [2.24, 2.45) is 0 Å². The van der Waals surface area contributed by atoms with E-state index in [-0.39, 0.29) is 6.61 Å². The second-order valence-electron chi connectivity index (χ2n) is 7.21. The van der Waals surface area contributed by atoms with Gasteiger partial charge in [0.05, 0.1) is 6.61 Å². The van der Waals surface area contributed by atoms with E-state index in [4.69, 9.17) is 14.2 Å². The molecule has 0 bridgehead atoms. The lowest BCUT2D eigenvalue weighted by molar-refractivity contribution is -0.164. The molecule has 0 spiro atoms. The van der Waals surface area contributed by atoms with E-state index in [0.29, 0.717) is 22.4 Å². The molecule has 0 aliphatic heterocycles. The summed E-state index contributed by atoms with van der Waals surface area (Å²) >= 11 is 3.42. The van der Waals surface area contributed by atoms with Crippen molar-refractivity contribution in [3.05, 3.63) is 64.1 Å². The van der Waals surface area contributed by atoms with Crippen molar-refractivity contribution in [3.63, 3.8) is 0 Å². The number of halogens is 1. The van der Waals surface area contributed by atoms with Gasteiger partial charge in [0, 0.05) is 4.47 Å². The van der Waals surface area contributed by atoms with Crippen LogP contribution in [0.25, 0.3) is 0 Å². The van der Waals surface area contributed by atoms with Crippen molar-refractivity contribution in [2.75, 3.05) is 6.61 Å². The monoisotopic (exact) mass is 448 g/mol. The zero-order valence-corrected chi connectivity index (χ0v) is 18.1. The van der Waals surface area contributed by atoms with E-state index in [9.17, 15) is 9.59 Å². The highest BCUT2D eigenvalue weighted by atomic mass is 79.9. The van der Waals surface area contributed by atoms with Crippen molar-refractivity contribution in [2.45, 2.75) is 45.8 Å². The minimum absolute atomic E-state index is 0.170. The average Bonchev–Trinajstić information content (AvgIpc) is 2.59. The van der Waals surface area contributed by atoms with Crippen LogP contribution in [-0.4, -0.2) is 24.1 Å². The molecular formula is C22H25BrO5. The summed E-state index contributed by atoms with van der Waals surface area (Å²) < 4.78 is 17.1. The molecule has 2 rings (SSSR count). The third-order valence-electron chi connectivity index (χ3n) is 3.64. The summed E-state index contributed by atoms with van der Waals surface area (Å²) in [7, 11) is 0. The fourth-order valence-electron chi connectivity index (χ4n) is 2.53. The first-order chi connectivity index (χ1) is 13.2. The Morgan fingerprint density at radius 2 is 1.71 bits per heavy atom. The van der Waals surface area contributed by atoms with E-state index < -0.39 is 23.5 Å². The number of rotatable bonds is 7. The maximum absolute atomic E-state index is 12.7. The Hall–Kier alpha value is -2.34. The van der Waals surface area contributed by atoms with Gasteiger partial charge in [0.2, 0.25) is 0 Å². The van der Waals surface area contributed by atoms with Gasteiger partial charge in [-0.2, -0.15) is 0 Å². The van der Waals surface area contributed by atoms with Gasteiger partial charge in [0.25, 0.3) is 0 Å². The van der Waals surface area contributed by atoms with Crippen molar-refractivity contribution >= 4 is 27.9 Å². The summed E-state index contributed by atoms with van der Waals surface area (Å²) in [6, 6.07) is 14.9. The van der Waals surface area contributed by atoms with Crippen molar-refractivity contribution in [1.82, 2.24) is 0 Å². The van der Waals surface area contributed by atoms with Crippen LogP contribution in [0.1, 0.15) is 44.7 Å². The summed E-state index contributed by atoms with van der Waals surface area (Å²) in [5.41, 5.74) is 0.740. The van der Waals surface area contributed by atoms with Crippen molar-refractivity contribution < 1.29 is 23.8 Å². The first-order valence-corrected chi connectivity index (χ1v) is 9.85. The molecule has 5 nitrogen and oxygen atoms in total. The van der Waals surface area contributed by atoms with Crippen LogP contribution in [0.3, 0.4) is 0 Å². The molecule has 0 aliphatic rings. The largest absolute Gasteiger partial charge is 0.489 e. The molecular weight excluding hydrogens is 424 g/mol. The van der Waals surface area contributed by atoms with Gasteiger partial charge >= 0.3 is 11.9 Å². The normalized spacial score (nSPS) is 12.2. The Bertz CT molecular complexity index is 811. The quantitative estimate of drug-likeness (QED) is 0.439. The summed E-state index contributed by atoms with van der Waals surface area (Å²) in [4.78, 5) is 25.2. The SMILES string of the molecule is CCOC(=O)C(C(=O)OC(C)(C)C)c1cc(Br)cc(OCc2ccccc2)c1. The molecule has 0 N–H and O–H groups in total. The van der Waals surface area contributed by atoms with Crippen LogP contribution in [0.15, 0.2) is 53.0 Å². The van der Waals surface area contributed by atoms with E-state index in [1.54, 1.807) is 45.9 Å². The first-order valence-electron chi connectivity index (χ1n) is 9.06. The Morgan fingerprint density at radius 3 is 2.32 bits per heavy atom. The van der Waals surface area contributed by atoms with Crippen LogP contribution < -0.4 is 4.74 Å². The van der Waals surface area contributed by atoms with Gasteiger partial charge in [-0.15, -0.1) is 0 Å². The van der Waals surface area contributed by atoms with Crippen LogP contribution >= 0.6 is 15.9 Å². The number of esters is 2. The van der Waals surface area contributed by atoms with Gasteiger partial charge in [0.15, 0.2) is 5.92 Å². The van der Waals surface area contributed by atoms with Crippen LogP contribution in [0.5, 0.6) is 5.75 Å². The molecule has 2 aromatic carbocycles. The number of hydrogen-bond donors (Lipinski definition) is 0. The summed E-state index contributed by atoms with van der Waals surface area (Å²) in [6.07, 6.45) is 0. The maximum Gasteiger partial charge on any atom is 0.325 e. The Morgan fingerprint density at radius 1 is 1.04 bits per heavy atom. The molecule has 0 aromatic heterocycles. The molecule has 28 heavy (non-hydrogen) atoms. The Balaban J connectivity index is 2.30. The standard InChI is InChI=1S/C22H25BrO5/c1-5-26-20(24)19(21(25)28-22(2,3)4)16-11-17(23)13-18(12-16)27-14-15-9-7-6-8-10-15/h6-13,19H,5,14H2,1-4H3. The van der Waals surface area contributed by atoms with Gasteiger partial charge in [-0.25, -0.2) is 0 Å². The maximum atomic E-state index is 12.7. The number of carbonyl (C=O) groups is 2. The Labute approximate surface area is 174 Å². The molecule has 0 aliphatic carbocycles. The molecule has 0 saturated carbocycles. The molecule has 6 heteroatoms. The minimum atomic E-state index is -1.18. The highest BCUT2D eigenvalue weighted by Crippen LogP contribution is 2.30. The predicted octanol–water partition coefficient (Wildman–Crippen LogP) is 5.02.